The number of anilines is 4. The van der Waals surface area contributed by atoms with E-state index in [9.17, 15) is 26.4 Å². The Hall–Kier alpha value is -4.22. The number of nitrogens with zero attached hydrogens (tertiary/aromatic N) is 4. The van der Waals surface area contributed by atoms with Gasteiger partial charge in [0.05, 0.1) is 49.6 Å². The molecule has 0 radical (unpaired) electrons. The highest BCUT2D eigenvalue weighted by molar-refractivity contribution is 7.92. The number of carbonyl (C=O) groups excluding carboxylic acids is 1. The molecule has 1 amide bonds. The van der Waals surface area contributed by atoms with Crippen LogP contribution in [0.3, 0.4) is 0 Å². The number of ether oxygens (including phenoxy) is 2. The zero-order valence-electron chi connectivity index (χ0n) is 26.8. The fraction of sp³-hybridized carbons (Fsp3) is 0.452. The van der Waals surface area contributed by atoms with Gasteiger partial charge in [-0.25, -0.2) is 17.8 Å². The van der Waals surface area contributed by atoms with Gasteiger partial charge in [0, 0.05) is 45.0 Å². The van der Waals surface area contributed by atoms with Crippen molar-refractivity contribution in [2.24, 2.45) is 0 Å². The number of amides is 1. The first-order chi connectivity index (χ1) is 22.6. The van der Waals surface area contributed by atoms with Gasteiger partial charge in [-0.15, -0.1) is 0 Å². The average molecular weight is 696 g/mol. The van der Waals surface area contributed by atoms with Crippen LogP contribution in [0.2, 0.25) is 0 Å². The topological polar surface area (TPSA) is 138 Å². The van der Waals surface area contributed by atoms with Gasteiger partial charge in [-0.2, -0.15) is 18.2 Å². The smallest absolute Gasteiger partial charge is 0.421 e. The van der Waals surface area contributed by atoms with Gasteiger partial charge in [-0.05, 0) is 43.0 Å². The zero-order chi connectivity index (χ0) is 34.8. The summed E-state index contributed by atoms with van der Waals surface area (Å²) in [6.07, 6.45) is -1.82. The fourth-order valence-electron chi connectivity index (χ4n) is 5.48. The third kappa shape index (κ3) is 8.07. The van der Waals surface area contributed by atoms with E-state index in [1.807, 2.05) is 0 Å². The number of benzene rings is 2. The number of piperidine rings is 1. The normalized spacial score (nSPS) is 16.2. The van der Waals surface area contributed by atoms with E-state index in [2.05, 4.69) is 30.8 Å². The molecular weight excluding hydrogens is 658 g/mol. The molecule has 260 valence electrons. The van der Waals surface area contributed by atoms with Crippen LogP contribution in [0.5, 0.6) is 5.75 Å². The predicted octanol–water partition coefficient (Wildman–Crippen LogP) is 4.30. The number of aromatic nitrogens is 2. The van der Waals surface area contributed by atoms with Gasteiger partial charge >= 0.3 is 6.18 Å². The van der Waals surface area contributed by atoms with Gasteiger partial charge in [-0.3, -0.25) is 14.0 Å². The van der Waals surface area contributed by atoms with Gasteiger partial charge in [-0.1, -0.05) is 12.1 Å². The Balaban J connectivity index is 1.34. The molecule has 0 saturated carbocycles. The fourth-order valence-corrected chi connectivity index (χ4v) is 6.01. The molecule has 1 aromatic heterocycles. The number of alkyl halides is 3. The van der Waals surface area contributed by atoms with Crippen molar-refractivity contribution in [3.05, 3.63) is 64.6 Å². The maximum absolute atomic E-state index is 15.3. The number of sulfonamides is 1. The van der Waals surface area contributed by atoms with Crippen LogP contribution in [0.1, 0.15) is 39.9 Å². The molecule has 48 heavy (non-hydrogen) atoms. The maximum Gasteiger partial charge on any atom is 0.421 e. The predicted molar refractivity (Wildman–Crippen MR) is 172 cm³/mol. The van der Waals surface area contributed by atoms with Crippen LogP contribution in [-0.2, 0) is 27.5 Å². The lowest BCUT2D eigenvalue weighted by molar-refractivity contribution is -0.137. The van der Waals surface area contributed by atoms with Crippen molar-refractivity contribution < 1.29 is 40.2 Å². The van der Waals surface area contributed by atoms with Crippen molar-refractivity contribution >= 4 is 39.1 Å². The molecule has 0 spiro atoms. The quantitative estimate of drug-likeness (QED) is 0.249. The molecule has 0 unspecified atom stereocenters. The molecule has 2 saturated heterocycles. The number of carbonyl (C=O) groups is 1. The van der Waals surface area contributed by atoms with E-state index < -0.39 is 39.3 Å². The van der Waals surface area contributed by atoms with Gasteiger partial charge in [0.25, 0.3) is 5.91 Å². The monoisotopic (exact) mass is 695 g/mol. The van der Waals surface area contributed by atoms with Gasteiger partial charge < -0.3 is 25.4 Å². The molecule has 3 N–H and O–H groups in total. The molecule has 3 aromatic rings. The van der Waals surface area contributed by atoms with E-state index in [4.69, 9.17) is 9.47 Å². The lowest BCUT2D eigenvalue weighted by atomic mass is 10.0. The largest absolute Gasteiger partial charge is 0.495 e. The first-order valence-corrected chi connectivity index (χ1v) is 17.0. The third-order valence-electron chi connectivity index (χ3n) is 8.40. The van der Waals surface area contributed by atoms with Crippen LogP contribution in [0.15, 0.2) is 36.5 Å². The first-order valence-electron chi connectivity index (χ1n) is 15.1. The van der Waals surface area contributed by atoms with E-state index in [1.54, 1.807) is 25.1 Å². The summed E-state index contributed by atoms with van der Waals surface area (Å²) in [5.74, 6) is -2.38. The Morgan fingerprint density at radius 1 is 1.17 bits per heavy atom. The number of aryl methyl sites for hydroxylation is 1. The summed E-state index contributed by atoms with van der Waals surface area (Å²) in [5, 5.41) is 8.21. The number of methoxy groups -OCH3 is 1. The number of hydrogen-bond acceptors (Lipinski definition) is 10. The van der Waals surface area contributed by atoms with Crippen molar-refractivity contribution in [3.63, 3.8) is 0 Å². The summed E-state index contributed by atoms with van der Waals surface area (Å²) in [6.45, 7) is 4.54. The zero-order valence-corrected chi connectivity index (χ0v) is 27.6. The van der Waals surface area contributed by atoms with Crippen LogP contribution < -0.4 is 25.0 Å². The molecule has 0 atom stereocenters. The highest BCUT2D eigenvalue weighted by atomic mass is 32.2. The summed E-state index contributed by atoms with van der Waals surface area (Å²) in [4.78, 5) is 23.1. The number of rotatable bonds is 11. The van der Waals surface area contributed by atoms with E-state index in [-0.39, 0.29) is 41.2 Å². The van der Waals surface area contributed by atoms with Crippen LogP contribution in [0, 0.1) is 12.7 Å². The second-order valence-electron chi connectivity index (χ2n) is 11.8. The summed E-state index contributed by atoms with van der Waals surface area (Å²) in [7, 11) is -1.02. The Morgan fingerprint density at radius 2 is 1.88 bits per heavy atom. The minimum Gasteiger partial charge on any atom is -0.495 e. The number of nitrogens with one attached hydrogen (secondary N) is 3. The highest BCUT2D eigenvalue weighted by Crippen LogP contribution is 2.36. The minimum absolute atomic E-state index is 0.0242. The molecule has 0 bridgehead atoms. The van der Waals surface area contributed by atoms with Crippen molar-refractivity contribution in [1.29, 1.82) is 0 Å². The standard InChI is InChI=1S/C31H37F4N7O5S/c1-18-5-6-19(26(11-18)41(2)48(4,44)45)14-36-28-23(31(33,34)35)15-37-30(40-28)39-25-13-24(32)22(12-27(25)46-3)29(43)38-20-7-9-42(10-8-20)21-16-47-17-21/h5-6,11-13,15,20-21H,7-10,14,16-17H2,1-4H3,(H,38,43)(H2,36,37,39,40). The average Bonchev–Trinajstić information content (AvgIpc) is 2.99. The van der Waals surface area contributed by atoms with E-state index in [1.165, 1.54) is 20.2 Å². The lowest BCUT2D eigenvalue weighted by Crippen LogP contribution is -2.54. The molecule has 17 heteroatoms. The number of hydrogen-bond donors (Lipinski definition) is 3. The Labute approximate surface area is 275 Å². The maximum atomic E-state index is 15.3. The van der Waals surface area contributed by atoms with Gasteiger partial charge in [0.2, 0.25) is 16.0 Å². The van der Waals surface area contributed by atoms with Crippen LogP contribution in [0.25, 0.3) is 0 Å². The minimum atomic E-state index is -4.83. The van der Waals surface area contributed by atoms with Crippen molar-refractivity contribution in [2.45, 2.75) is 44.6 Å². The molecule has 3 heterocycles. The van der Waals surface area contributed by atoms with Crippen molar-refractivity contribution in [3.8, 4) is 5.75 Å². The number of likely N-dealkylation sites (tertiary alicyclic amines) is 1. The molecule has 2 fully saturated rings. The van der Waals surface area contributed by atoms with Gasteiger partial charge in [0.15, 0.2) is 0 Å². The molecule has 0 aliphatic carbocycles. The van der Waals surface area contributed by atoms with Gasteiger partial charge in [0.1, 0.15) is 22.9 Å². The summed E-state index contributed by atoms with van der Waals surface area (Å²) >= 11 is 0. The van der Waals surface area contributed by atoms with Crippen molar-refractivity contribution in [1.82, 2.24) is 20.2 Å². The SMILES string of the molecule is COc1cc(C(=O)NC2CCN(C3COC3)CC2)c(F)cc1Nc1ncc(C(F)(F)F)c(NCc2ccc(C)cc2N(C)S(C)(=O)=O)n1. The summed E-state index contributed by atoms with van der Waals surface area (Å²) < 4.78 is 93.2. The van der Waals surface area contributed by atoms with Crippen LogP contribution in [-0.4, -0.2) is 88.0 Å². The molecule has 2 aliphatic rings. The molecule has 5 rings (SSSR count). The van der Waals surface area contributed by atoms with Crippen molar-refractivity contribution in [2.75, 3.05) is 61.7 Å². The van der Waals surface area contributed by atoms with E-state index in [0.29, 0.717) is 43.9 Å². The molecule has 12 nitrogen and oxygen atoms in total. The van der Waals surface area contributed by atoms with Crippen LogP contribution in [0.4, 0.5) is 40.7 Å². The highest BCUT2D eigenvalue weighted by Gasteiger charge is 2.36. The Kier molecular flexibility index (Phi) is 10.3. The van der Waals surface area contributed by atoms with E-state index in [0.717, 1.165) is 35.3 Å². The summed E-state index contributed by atoms with van der Waals surface area (Å²) in [5.41, 5.74) is -0.0238. The molecule has 2 aliphatic heterocycles. The Morgan fingerprint density at radius 3 is 2.48 bits per heavy atom. The molecular formula is C31H37F4N7O5S. The summed E-state index contributed by atoms with van der Waals surface area (Å²) in [6, 6.07) is 7.37. The van der Waals surface area contributed by atoms with E-state index >= 15 is 4.39 Å². The lowest BCUT2D eigenvalue weighted by Gasteiger charge is -2.41. The first kappa shape index (κ1) is 35.1. The molecule has 2 aromatic carbocycles. The Bertz CT molecular complexity index is 1760. The number of halogens is 4. The second kappa shape index (κ2) is 14.1. The second-order valence-corrected chi connectivity index (χ2v) is 13.8. The third-order valence-corrected chi connectivity index (χ3v) is 9.59. The van der Waals surface area contributed by atoms with Crippen LogP contribution >= 0.6 is 0 Å².